The molecule has 49 heavy (non-hydrogen) atoms. The van der Waals surface area contributed by atoms with E-state index in [4.69, 9.17) is 0 Å². The van der Waals surface area contributed by atoms with E-state index in [0.717, 1.165) is 6.54 Å². The van der Waals surface area contributed by atoms with E-state index in [1.54, 1.807) is 5.82 Å². The molecule has 0 aliphatic rings. The van der Waals surface area contributed by atoms with E-state index < -0.39 is 0 Å². The van der Waals surface area contributed by atoms with E-state index in [-0.39, 0.29) is 0 Å². The molecule has 2 rings (SSSR count). The van der Waals surface area contributed by atoms with Crippen molar-refractivity contribution in [2.24, 2.45) is 0 Å². The van der Waals surface area contributed by atoms with Gasteiger partial charge in [-0.3, -0.25) is 0 Å². The molecular formula is C47H85N2+. The summed E-state index contributed by atoms with van der Waals surface area (Å²) >= 11 is 0. The van der Waals surface area contributed by atoms with Crippen LogP contribution in [-0.4, -0.2) is 4.57 Å². The molecule has 0 aliphatic carbocycles. The van der Waals surface area contributed by atoms with Gasteiger partial charge in [-0.2, -0.15) is 0 Å². The van der Waals surface area contributed by atoms with E-state index in [2.05, 4.69) is 65.7 Å². The van der Waals surface area contributed by atoms with Crippen LogP contribution in [0, 0.1) is 0 Å². The lowest BCUT2D eigenvalue weighted by atomic mass is 10.0. The van der Waals surface area contributed by atoms with Crippen LogP contribution in [0.15, 0.2) is 42.7 Å². The third-order valence-electron chi connectivity index (χ3n) is 11.1. The van der Waals surface area contributed by atoms with Crippen LogP contribution in [0.3, 0.4) is 0 Å². The normalized spacial score (nSPS) is 11.6. The van der Waals surface area contributed by atoms with Gasteiger partial charge in [0.05, 0.1) is 13.1 Å². The SMILES string of the molecule is CCCCCCCCCCCCCCCCCCn1cc[n+](CCCc2ccccc2)c1CCCCCCCCCCCCCCCCC. The zero-order chi connectivity index (χ0) is 34.7. The van der Waals surface area contributed by atoms with Gasteiger partial charge < -0.3 is 0 Å². The van der Waals surface area contributed by atoms with E-state index in [9.17, 15) is 0 Å². The van der Waals surface area contributed by atoms with Gasteiger partial charge in [0, 0.05) is 6.42 Å². The van der Waals surface area contributed by atoms with Crippen LogP contribution in [0.25, 0.3) is 0 Å². The molecule has 0 bridgehead atoms. The van der Waals surface area contributed by atoms with Crippen molar-refractivity contribution in [1.82, 2.24) is 4.57 Å². The summed E-state index contributed by atoms with van der Waals surface area (Å²) in [4.78, 5) is 0. The summed E-state index contributed by atoms with van der Waals surface area (Å²) in [7, 11) is 0. The van der Waals surface area contributed by atoms with Crippen molar-refractivity contribution < 1.29 is 4.57 Å². The van der Waals surface area contributed by atoms with Gasteiger partial charge in [0.2, 0.25) is 0 Å². The highest BCUT2D eigenvalue weighted by Gasteiger charge is 2.16. The smallest absolute Gasteiger partial charge is 0.234 e. The number of aromatic nitrogens is 2. The standard InChI is InChI=1S/C47H85N2/c1-3-5-7-9-11-13-15-17-19-21-23-25-27-29-31-36-42-48-44-45-49(43-37-40-46-38-33-32-34-39-46)47(48)41-35-30-28-26-24-22-20-18-16-14-12-10-8-6-4-2/h32-34,38-39,44-45H,3-31,35-37,40-43H2,1-2H3/q+1. The van der Waals surface area contributed by atoms with E-state index in [1.165, 1.54) is 230 Å². The fourth-order valence-electron chi connectivity index (χ4n) is 7.78. The van der Waals surface area contributed by atoms with Gasteiger partial charge >= 0.3 is 0 Å². The van der Waals surface area contributed by atoms with Crippen molar-refractivity contribution in [3.63, 3.8) is 0 Å². The Labute approximate surface area is 307 Å². The molecule has 2 heteroatoms. The Morgan fingerprint density at radius 1 is 0.408 bits per heavy atom. The number of hydrogen-bond donors (Lipinski definition) is 0. The minimum atomic E-state index is 1.15. The maximum absolute atomic E-state index is 2.62. The lowest BCUT2D eigenvalue weighted by molar-refractivity contribution is -0.704. The Kier molecular flexibility index (Phi) is 29.9. The Morgan fingerprint density at radius 2 is 0.796 bits per heavy atom. The monoisotopic (exact) mass is 678 g/mol. The van der Waals surface area contributed by atoms with Crippen molar-refractivity contribution >= 4 is 0 Å². The van der Waals surface area contributed by atoms with Gasteiger partial charge in [0.1, 0.15) is 12.4 Å². The highest BCUT2D eigenvalue weighted by Crippen LogP contribution is 2.16. The number of imidazole rings is 1. The van der Waals surface area contributed by atoms with E-state index >= 15 is 0 Å². The Morgan fingerprint density at radius 3 is 1.22 bits per heavy atom. The maximum atomic E-state index is 2.62. The molecule has 1 aromatic heterocycles. The molecule has 0 fully saturated rings. The largest absolute Gasteiger partial charge is 0.256 e. The summed E-state index contributed by atoms with van der Waals surface area (Å²) in [5.74, 6) is 1.59. The molecule has 0 aliphatic heterocycles. The van der Waals surface area contributed by atoms with Crippen LogP contribution < -0.4 is 4.57 Å². The van der Waals surface area contributed by atoms with Crippen molar-refractivity contribution in [1.29, 1.82) is 0 Å². The van der Waals surface area contributed by atoms with E-state index in [1.807, 2.05) is 0 Å². The summed E-state index contributed by atoms with van der Waals surface area (Å²) in [6, 6.07) is 11.1. The predicted octanol–water partition coefficient (Wildman–Crippen LogP) is 15.1. The number of rotatable bonds is 37. The lowest BCUT2D eigenvalue weighted by Gasteiger charge is -2.07. The van der Waals surface area contributed by atoms with Crippen LogP contribution in [-0.2, 0) is 25.9 Å². The third-order valence-corrected chi connectivity index (χ3v) is 11.1. The van der Waals surface area contributed by atoms with Crippen molar-refractivity contribution in [2.75, 3.05) is 0 Å². The minimum absolute atomic E-state index is 1.15. The molecule has 0 spiro atoms. The Balaban J connectivity index is 1.56. The Hall–Kier alpha value is -1.57. The zero-order valence-electron chi connectivity index (χ0n) is 33.4. The van der Waals surface area contributed by atoms with Crippen LogP contribution in [0.5, 0.6) is 0 Å². The fourth-order valence-corrected chi connectivity index (χ4v) is 7.78. The number of aryl methyl sites for hydroxylation is 3. The maximum Gasteiger partial charge on any atom is 0.256 e. The molecule has 0 atom stereocenters. The number of benzene rings is 1. The fraction of sp³-hybridized carbons (Fsp3) is 0.809. The molecule has 0 saturated heterocycles. The molecule has 0 amide bonds. The molecule has 2 nitrogen and oxygen atoms in total. The van der Waals surface area contributed by atoms with Gasteiger partial charge in [-0.05, 0) is 37.7 Å². The average Bonchev–Trinajstić information content (AvgIpc) is 3.51. The van der Waals surface area contributed by atoms with E-state index in [0.29, 0.717) is 0 Å². The quantitative estimate of drug-likeness (QED) is 0.0497. The van der Waals surface area contributed by atoms with Crippen molar-refractivity contribution in [3.05, 3.63) is 54.1 Å². The number of hydrogen-bond acceptors (Lipinski definition) is 0. The first-order chi connectivity index (χ1) is 24.3. The summed E-state index contributed by atoms with van der Waals surface area (Å²) in [5, 5.41) is 0. The second-order valence-corrected chi connectivity index (χ2v) is 15.7. The molecule has 0 N–H and O–H groups in total. The molecule has 1 aromatic carbocycles. The molecule has 2 aromatic rings. The number of nitrogens with zero attached hydrogens (tertiary/aromatic N) is 2. The highest BCUT2D eigenvalue weighted by atomic mass is 15.1. The first kappa shape index (κ1) is 43.6. The molecule has 282 valence electrons. The van der Waals surface area contributed by atoms with Gasteiger partial charge in [-0.1, -0.05) is 224 Å². The van der Waals surface area contributed by atoms with Gasteiger partial charge in [0.15, 0.2) is 0 Å². The van der Waals surface area contributed by atoms with Gasteiger partial charge in [0.25, 0.3) is 5.82 Å². The molecule has 1 heterocycles. The predicted molar refractivity (Wildman–Crippen MR) is 218 cm³/mol. The van der Waals surface area contributed by atoms with Crippen molar-refractivity contribution in [2.45, 2.75) is 245 Å². The molecular weight excluding hydrogens is 593 g/mol. The zero-order valence-corrected chi connectivity index (χ0v) is 33.4. The lowest BCUT2D eigenvalue weighted by Crippen LogP contribution is -2.37. The first-order valence-electron chi connectivity index (χ1n) is 22.5. The summed E-state index contributed by atoms with van der Waals surface area (Å²) < 4.78 is 5.22. The summed E-state index contributed by atoms with van der Waals surface area (Å²) in [5.41, 5.74) is 1.47. The van der Waals surface area contributed by atoms with Crippen LogP contribution in [0.4, 0.5) is 0 Å². The second-order valence-electron chi connectivity index (χ2n) is 15.7. The summed E-state index contributed by atoms with van der Waals surface area (Å²) in [6.45, 7) is 6.98. The number of unbranched alkanes of at least 4 members (excludes halogenated alkanes) is 29. The third kappa shape index (κ3) is 25.1. The second kappa shape index (κ2) is 33.6. The van der Waals surface area contributed by atoms with Gasteiger partial charge in [-0.15, -0.1) is 0 Å². The Bertz CT molecular complexity index is 931. The average molecular weight is 678 g/mol. The molecule has 0 unspecified atom stereocenters. The van der Waals surface area contributed by atoms with Crippen LogP contribution in [0.1, 0.15) is 231 Å². The molecule has 0 saturated carbocycles. The van der Waals surface area contributed by atoms with Crippen LogP contribution in [0.2, 0.25) is 0 Å². The first-order valence-corrected chi connectivity index (χ1v) is 22.5. The van der Waals surface area contributed by atoms with Crippen LogP contribution >= 0.6 is 0 Å². The molecule has 0 radical (unpaired) electrons. The van der Waals surface area contributed by atoms with Gasteiger partial charge in [-0.25, -0.2) is 9.13 Å². The highest BCUT2D eigenvalue weighted by molar-refractivity contribution is 5.14. The minimum Gasteiger partial charge on any atom is -0.234 e. The summed E-state index contributed by atoms with van der Waals surface area (Å²) in [6.07, 6.45) is 53.0. The van der Waals surface area contributed by atoms with Crippen molar-refractivity contribution in [3.8, 4) is 0 Å². The topological polar surface area (TPSA) is 8.81 Å².